The van der Waals surface area contributed by atoms with Crippen molar-refractivity contribution in [1.29, 1.82) is 0 Å². The number of anilines is 3. The summed E-state index contributed by atoms with van der Waals surface area (Å²) in [5, 5.41) is 6.66. The lowest BCUT2D eigenvalue weighted by molar-refractivity contribution is 0.669. The Labute approximate surface area is 264 Å². The van der Waals surface area contributed by atoms with E-state index >= 15 is 0 Å². The largest absolute Gasteiger partial charge is 0.455 e. The average molecular weight is 589 g/mol. The SMILES string of the molecule is c1ccc2c(c1)-c1cccc3cccc(c13)N2c1nc(-c2cccc3ccccc23)nc(-c2cccc3c2oc2ccccc23)n1. The maximum Gasteiger partial charge on any atom is 0.238 e. The van der Waals surface area contributed by atoms with E-state index in [1.165, 1.54) is 16.3 Å². The summed E-state index contributed by atoms with van der Waals surface area (Å²) >= 11 is 0. The van der Waals surface area contributed by atoms with Crippen LogP contribution >= 0.6 is 0 Å². The molecule has 3 heterocycles. The van der Waals surface area contributed by atoms with Gasteiger partial charge in [-0.2, -0.15) is 9.97 Å². The van der Waals surface area contributed by atoms with Gasteiger partial charge in [-0.1, -0.05) is 121 Å². The number of benzene rings is 7. The first-order valence-corrected chi connectivity index (χ1v) is 15.4. The molecule has 0 saturated heterocycles. The summed E-state index contributed by atoms with van der Waals surface area (Å²) in [6.45, 7) is 0. The highest BCUT2D eigenvalue weighted by Crippen LogP contribution is 2.50. The molecule has 5 nitrogen and oxygen atoms in total. The zero-order chi connectivity index (χ0) is 30.2. The molecule has 46 heavy (non-hydrogen) atoms. The number of rotatable bonds is 3. The fourth-order valence-electron chi connectivity index (χ4n) is 7.02. The Bertz CT molecular complexity index is 2660. The lowest BCUT2D eigenvalue weighted by atomic mass is 9.91. The number of hydrogen-bond donors (Lipinski definition) is 0. The van der Waals surface area contributed by atoms with Crippen LogP contribution in [0, 0.1) is 0 Å². The van der Waals surface area contributed by atoms with Crippen LogP contribution in [-0.2, 0) is 0 Å². The van der Waals surface area contributed by atoms with E-state index < -0.39 is 0 Å². The quantitative estimate of drug-likeness (QED) is 0.205. The van der Waals surface area contributed by atoms with E-state index in [-0.39, 0.29) is 0 Å². The Morgan fingerprint density at radius 2 is 1.00 bits per heavy atom. The van der Waals surface area contributed by atoms with Crippen LogP contribution in [0.3, 0.4) is 0 Å². The summed E-state index contributed by atoms with van der Waals surface area (Å²) < 4.78 is 6.47. The average Bonchev–Trinajstić information content (AvgIpc) is 3.50. The third kappa shape index (κ3) is 3.60. The number of aromatic nitrogens is 3. The van der Waals surface area contributed by atoms with Crippen LogP contribution in [0.4, 0.5) is 17.3 Å². The van der Waals surface area contributed by atoms with Crippen molar-refractivity contribution >= 4 is 60.8 Å². The van der Waals surface area contributed by atoms with Crippen molar-refractivity contribution in [3.8, 4) is 33.9 Å². The van der Waals surface area contributed by atoms with E-state index in [4.69, 9.17) is 19.4 Å². The zero-order valence-electron chi connectivity index (χ0n) is 24.6. The molecule has 0 bridgehead atoms. The van der Waals surface area contributed by atoms with E-state index in [0.717, 1.165) is 60.8 Å². The van der Waals surface area contributed by atoms with Gasteiger partial charge in [0.1, 0.15) is 11.2 Å². The minimum absolute atomic E-state index is 0.551. The second kappa shape index (κ2) is 9.58. The Morgan fingerprint density at radius 3 is 1.91 bits per heavy atom. The van der Waals surface area contributed by atoms with Gasteiger partial charge in [-0.15, -0.1) is 0 Å². The first-order chi connectivity index (χ1) is 22.8. The predicted molar refractivity (Wildman–Crippen MR) is 187 cm³/mol. The lowest BCUT2D eigenvalue weighted by Gasteiger charge is -2.32. The van der Waals surface area contributed by atoms with Crippen LogP contribution in [0.15, 0.2) is 150 Å². The summed E-state index contributed by atoms with van der Waals surface area (Å²) in [7, 11) is 0. The molecule has 7 aromatic carbocycles. The van der Waals surface area contributed by atoms with Gasteiger partial charge in [0.15, 0.2) is 11.6 Å². The van der Waals surface area contributed by atoms with Crippen LogP contribution in [0.5, 0.6) is 0 Å². The number of furan rings is 1. The van der Waals surface area contributed by atoms with Gasteiger partial charge in [-0.25, -0.2) is 4.98 Å². The predicted octanol–water partition coefficient (Wildman–Crippen LogP) is 10.9. The van der Waals surface area contributed by atoms with Crippen LogP contribution < -0.4 is 4.90 Å². The molecular formula is C41H24N4O. The Hall–Kier alpha value is -6.33. The normalized spacial score (nSPS) is 12.3. The van der Waals surface area contributed by atoms with Gasteiger partial charge in [0.25, 0.3) is 0 Å². The van der Waals surface area contributed by atoms with Crippen LogP contribution in [-0.4, -0.2) is 15.0 Å². The van der Waals surface area contributed by atoms with Gasteiger partial charge < -0.3 is 4.42 Å². The third-order valence-electron chi connectivity index (χ3n) is 9.06. The van der Waals surface area contributed by atoms with E-state index in [1.54, 1.807) is 0 Å². The minimum Gasteiger partial charge on any atom is -0.455 e. The van der Waals surface area contributed by atoms with Crippen LogP contribution in [0.1, 0.15) is 0 Å². The summed E-state index contributed by atoms with van der Waals surface area (Å²) in [5.74, 6) is 1.71. The Balaban J connectivity index is 1.30. The van der Waals surface area contributed by atoms with Crippen LogP contribution in [0.2, 0.25) is 0 Å². The molecule has 1 aliphatic heterocycles. The van der Waals surface area contributed by atoms with Gasteiger partial charge in [-0.05, 0) is 46.0 Å². The van der Waals surface area contributed by atoms with Crippen molar-refractivity contribution in [2.75, 3.05) is 4.90 Å². The molecule has 0 radical (unpaired) electrons. The topological polar surface area (TPSA) is 55.1 Å². The molecule has 0 spiro atoms. The number of hydrogen-bond acceptors (Lipinski definition) is 5. The first-order valence-electron chi connectivity index (χ1n) is 15.4. The van der Waals surface area contributed by atoms with E-state index in [0.29, 0.717) is 17.6 Å². The molecule has 0 amide bonds. The molecule has 0 N–H and O–H groups in total. The summed E-state index contributed by atoms with van der Waals surface area (Å²) in [6.07, 6.45) is 0. The lowest BCUT2D eigenvalue weighted by Crippen LogP contribution is -2.18. The van der Waals surface area contributed by atoms with Crippen molar-refractivity contribution in [2.45, 2.75) is 0 Å². The van der Waals surface area contributed by atoms with Crippen molar-refractivity contribution in [2.24, 2.45) is 0 Å². The standard InChI is InChI=1S/C41H24N4O/c1-2-15-27-25(11-1)12-7-20-32(27)39-42-40(33-21-10-19-31-29-17-4-6-24-36(29)46-38(31)33)44-41(43-39)45-34-22-5-3-16-28(34)30-18-8-13-26-14-9-23-35(45)37(26)30/h1-24H. The molecule has 0 saturated carbocycles. The van der Waals surface area contributed by atoms with Crippen molar-refractivity contribution in [1.82, 2.24) is 15.0 Å². The molecule has 9 aromatic rings. The Kier molecular flexibility index (Phi) is 5.22. The van der Waals surface area contributed by atoms with E-state index in [9.17, 15) is 0 Å². The molecule has 0 fully saturated rings. The molecule has 1 aliphatic rings. The second-order valence-electron chi connectivity index (χ2n) is 11.6. The maximum absolute atomic E-state index is 6.47. The van der Waals surface area contributed by atoms with E-state index in [2.05, 4.69) is 120 Å². The Morgan fingerprint density at radius 1 is 0.413 bits per heavy atom. The summed E-state index contributed by atoms with van der Waals surface area (Å²) in [6, 6.07) is 50.3. The second-order valence-corrected chi connectivity index (χ2v) is 11.6. The molecule has 0 aliphatic carbocycles. The fourth-order valence-corrected chi connectivity index (χ4v) is 7.02. The van der Waals surface area contributed by atoms with Gasteiger partial charge >= 0.3 is 0 Å². The highest BCUT2D eigenvalue weighted by Gasteiger charge is 2.29. The molecule has 10 rings (SSSR count). The minimum atomic E-state index is 0.551. The monoisotopic (exact) mass is 588 g/mol. The number of fused-ring (bicyclic) bond motifs is 6. The van der Waals surface area contributed by atoms with E-state index in [1.807, 2.05) is 30.3 Å². The van der Waals surface area contributed by atoms with Crippen LogP contribution in [0.25, 0.3) is 77.4 Å². The summed E-state index contributed by atoms with van der Waals surface area (Å²) in [4.78, 5) is 17.9. The smallest absolute Gasteiger partial charge is 0.238 e. The van der Waals surface area contributed by atoms with Crippen molar-refractivity contribution in [3.05, 3.63) is 146 Å². The zero-order valence-corrected chi connectivity index (χ0v) is 24.6. The third-order valence-corrected chi connectivity index (χ3v) is 9.06. The highest BCUT2D eigenvalue weighted by atomic mass is 16.3. The maximum atomic E-state index is 6.47. The van der Waals surface area contributed by atoms with Gasteiger partial charge in [0.2, 0.25) is 5.95 Å². The number of nitrogens with zero attached hydrogens (tertiary/aromatic N) is 4. The molecule has 5 heteroatoms. The molecule has 0 atom stereocenters. The molecule has 2 aromatic heterocycles. The molecular weight excluding hydrogens is 564 g/mol. The van der Waals surface area contributed by atoms with Crippen molar-refractivity contribution < 1.29 is 4.42 Å². The van der Waals surface area contributed by atoms with Gasteiger partial charge in [0.05, 0.1) is 16.9 Å². The summed E-state index contributed by atoms with van der Waals surface area (Å²) in [5.41, 5.74) is 7.77. The van der Waals surface area contributed by atoms with Gasteiger partial charge in [0, 0.05) is 27.3 Å². The molecule has 214 valence electrons. The highest BCUT2D eigenvalue weighted by molar-refractivity contribution is 6.13. The molecule has 0 unspecified atom stereocenters. The van der Waals surface area contributed by atoms with Crippen molar-refractivity contribution in [3.63, 3.8) is 0 Å². The first kappa shape index (κ1) is 25.0. The fraction of sp³-hybridized carbons (Fsp3) is 0. The number of para-hydroxylation sites is 3. The van der Waals surface area contributed by atoms with Gasteiger partial charge in [-0.3, -0.25) is 4.90 Å².